The SMILES string of the molecule is O=S(=O)(C1CC1)N1C[C@H]2C[C@H]1CO2. The lowest BCUT2D eigenvalue weighted by molar-refractivity contribution is 0.0608. The van der Waals surface area contributed by atoms with Gasteiger partial charge in [-0.05, 0) is 19.3 Å². The van der Waals surface area contributed by atoms with E-state index in [0.29, 0.717) is 13.2 Å². The summed E-state index contributed by atoms with van der Waals surface area (Å²) in [6.07, 6.45) is 2.80. The third-order valence-corrected chi connectivity index (χ3v) is 5.54. The predicted octanol–water partition coefficient (Wildman–Crippen LogP) is -0.0483. The first-order valence-corrected chi connectivity index (χ1v) is 6.30. The molecule has 74 valence electrons. The van der Waals surface area contributed by atoms with Gasteiger partial charge in [-0.2, -0.15) is 4.31 Å². The Morgan fingerprint density at radius 3 is 2.54 bits per heavy atom. The Hall–Kier alpha value is -0.130. The number of ether oxygens (including phenoxy) is 1. The van der Waals surface area contributed by atoms with Crippen LogP contribution in [0.3, 0.4) is 0 Å². The molecule has 3 fully saturated rings. The van der Waals surface area contributed by atoms with Crippen LogP contribution in [-0.2, 0) is 14.8 Å². The number of sulfonamides is 1. The minimum Gasteiger partial charge on any atom is -0.375 e. The van der Waals surface area contributed by atoms with Gasteiger partial charge in [0.15, 0.2) is 0 Å². The lowest BCUT2D eigenvalue weighted by Crippen LogP contribution is -2.42. The molecule has 0 spiro atoms. The molecule has 3 aliphatic rings. The molecule has 2 bridgehead atoms. The Balaban J connectivity index is 1.86. The quantitative estimate of drug-likeness (QED) is 0.632. The second-order valence-electron chi connectivity index (χ2n) is 4.16. The minimum absolute atomic E-state index is 0.0631. The maximum absolute atomic E-state index is 11.9. The molecule has 4 nitrogen and oxygen atoms in total. The van der Waals surface area contributed by atoms with Crippen molar-refractivity contribution in [2.24, 2.45) is 0 Å². The van der Waals surface area contributed by atoms with E-state index in [1.165, 1.54) is 0 Å². The molecule has 0 amide bonds. The molecule has 2 aliphatic heterocycles. The van der Waals surface area contributed by atoms with Crippen molar-refractivity contribution < 1.29 is 13.2 Å². The fourth-order valence-electron chi connectivity index (χ4n) is 2.23. The molecule has 1 saturated carbocycles. The standard InChI is InChI=1S/C8H13NO3S/c10-13(11,8-1-2-8)9-4-7-3-6(9)5-12-7/h6-8H,1-5H2/t6-,7+/m0/s1. The summed E-state index contributed by atoms with van der Waals surface area (Å²) in [4.78, 5) is 0. The monoisotopic (exact) mass is 203 g/mol. The first-order valence-electron chi connectivity index (χ1n) is 4.80. The first-order chi connectivity index (χ1) is 6.18. The highest BCUT2D eigenvalue weighted by Gasteiger charge is 2.49. The lowest BCUT2D eigenvalue weighted by atomic mass is 10.3. The van der Waals surface area contributed by atoms with Crippen LogP contribution in [0, 0.1) is 0 Å². The number of nitrogens with zero attached hydrogens (tertiary/aromatic N) is 1. The Bertz CT molecular complexity index is 322. The van der Waals surface area contributed by atoms with E-state index >= 15 is 0 Å². The van der Waals surface area contributed by atoms with E-state index in [1.54, 1.807) is 4.31 Å². The van der Waals surface area contributed by atoms with E-state index in [-0.39, 0.29) is 17.4 Å². The van der Waals surface area contributed by atoms with Crippen LogP contribution in [0.15, 0.2) is 0 Å². The average molecular weight is 203 g/mol. The van der Waals surface area contributed by atoms with Crippen molar-refractivity contribution in [3.63, 3.8) is 0 Å². The molecule has 0 N–H and O–H groups in total. The normalized spacial score (nSPS) is 40.0. The topological polar surface area (TPSA) is 46.6 Å². The molecule has 0 aromatic heterocycles. The highest BCUT2D eigenvalue weighted by atomic mass is 32.2. The molecule has 13 heavy (non-hydrogen) atoms. The summed E-state index contributed by atoms with van der Waals surface area (Å²) in [7, 11) is -2.94. The Kier molecular flexibility index (Phi) is 1.55. The summed E-state index contributed by atoms with van der Waals surface area (Å²) in [6, 6.07) is 0.149. The van der Waals surface area contributed by atoms with Gasteiger partial charge in [0.2, 0.25) is 10.0 Å². The summed E-state index contributed by atoms with van der Waals surface area (Å²) in [6.45, 7) is 1.21. The largest absolute Gasteiger partial charge is 0.375 e. The summed E-state index contributed by atoms with van der Waals surface area (Å²) in [5.41, 5.74) is 0. The minimum atomic E-state index is -2.94. The van der Waals surface area contributed by atoms with Gasteiger partial charge in [-0.1, -0.05) is 0 Å². The van der Waals surface area contributed by atoms with Crippen LogP contribution in [0.4, 0.5) is 0 Å². The van der Waals surface area contributed by atoms with Crippen LogP contribution in [0.5, 0.6) is 0 Å². The van der Waals surface area contributed by atoms with Crippen molar-refractivity contribution in [3.8, 4) is 0 Å². The highest BCUT2D eigenvalue weighted by molar-refractivity contribution is 7.90. The molecule has 3 rings (SSSR count). The summed E-state index contributed by atoms with van der Waals surface area (Å²) in [5, 5.41) is -0.0631. The number of hydrogen-bond donors (Lipinski definition) is 0. The number of rotatable bonds is 2. The van der Waals surface area contributed by atoms with Gasteiger partial charge in [-0.3, -0.25) is 0 Å². The van der Waals surface area contributed by atoms with Crippen LogP contribution in [0.2, 0.25) is 0 Å². The third-order valence-electron chi connectivity index (χ3n) is 3.12. The molecule has 5 heteroatoms. The number of morpholine rings is 1. The van der Waals surface area contributed by atoms with E-state index in [9.17, 15) is 8.42 Å². The molecular formula is C8H13NO3S. The Labute approximate surface area is 77.9 Å². The van der Waals surface area contributed by atoms with Crippen molar-refractivity contribution in [2.75, 3.05) is 13.2 Å². The van der Waals surface area contributed by atoms with Crippen LogP contribution in [0.1, 0.15) is 19.3 Å². The zero-order valence-corrected chi connectivity index (χ0v) is 8.16. The fourth-order valence-corrected chi connectivity index (χ4v) is 4.28. The van der Waals surface area contributed by atoms with Gasteiger partial charge in [-0.25, -0.2) is 8.42 Å². The third kappa shape index (κ3) is 1.14. The first kappa shape index (κ1) is 8.20. The van der Waals surface area contributed by atoms with Crippen molar-refractivity contribution in [1.29, 1.82) is 0 Å². The molecule has 1 aliphatic carbocycles. The van der Waals surface area contributed by atoms with Crippen molar-refractivity contribution >= 4 is 10.0 Å². The van der Waals surface area contributed by atoms with E-state index in [0.717, 1.165) is 19.3 Å². The number of hydrogen-bond acceptors (Lipinski definition) is 3. The van der Waals surface area contributed by atoms with Gasteiger partial charge in [0.1, 0.15) is 0 Å². The van der Waals surface area contributed by atoms with Gasteiger partial charge in [0.25, 0.3) is 0 Å². The molecule has 2 saturated heterocycles. The highest BCUT2D eigenvalue weighted by Crippen LogP contribution is 2.37. The van der Waals surface area contributed by atoms with Gasteiger partial charge in [-0.15, -0.1) is 0 Å². The summed E-state index contributed by atoms with van der Waals surface area (Å²) < 4.78 is 30.8. The zero-order chi connectivity index (χ0) is 9.05. The zero-order valence-electron chi connectivity index (χ0n) is 7.35. The molecule has 0 aromatic rings. The van der Waals surface area contributed by atoms with Crippen LogP contribution >= 0.6 is 0 Å². The van der Waals surface area contributed by atoms with Crippen LogP contribution < -0.4 is 0 Å². The molecule has 0 radical (unpaired) electrons. The molecule has 2 heterocycles. The fraction of sp³-hybridized carbons (Fsp3) is 1.00. The second kappa shape index (κ2) is 2.46. The predicted molar refractivity (Wildman–Crippen MR) is 46.8 cm³/mol. The molecular weight excluding hydrogens is 190 g/mol. The van der Waals surface area contributed by atoms with E-state index in [1.807, 2.05) is 0 Å². The Morgan fingerprint density at radius 1 is 1.31 bits per heavy atom. The van der Waals surface area contributed by atoms with E-state index in [2.05, 4.69) is 0 Å². The maximum atomic E-state index is 11.9. The van der Waals surface area contributed by atoms with E-state index < -0.39 is 10.0 Å². The van der Waals surface area contributed by atoms with Crippen LogP contribution in [-0.4, -0.2) is 43.3 Å². The van der Waals surface area contributed by atoms with Gasteiger partial charge < -0.3 is 4.74 Å². The number of fused-ring (bicyclic) bond motifs is 2. The van der Waals surface area contributed by atoms with Gasteiger partial charge >= 0.3 is 0 Å². The summed E-state index contributed by atoms with van der Waals surface area (Å²) >= 11 is 0. The van der Waals surface area contributed by atoms with Gasteiger partial charge in [0.05, 0.1) is 24.0 Å². The van der Waals surface area contributed by atoms with Crippen LogP contribution in [0.25, 0.3) is 0 Å². The molecule has 0 aromatic carbocycles. The lowest BCUT2D eigenvalue weighted by Gasteiger charge is -2.25. The van der Waals surface area contributed by atoms with E-state index in [4.69, 9.17) is 4.74 Å². The van der Waals surface area contributed by atoms with Gasteiger partial charge in [0, 0.05) is 6.54 Å². The molecule has 2 atom stereocenters. The second-order valence-corrected chi connectivity index (χ2v) is 6.32. The summed E-state index contributed by atoms with van der Waals surface area (Å²) in [5.74, 6) is 0. The smallest absolute Gasteiger partial charge is 0.217 e. The van der Waals surface area contributed by atoms with Crippen molar-refractivity contribution in [1.82, 2.24) is 4.31 Å². The van der Waals surface area contributed by atoms with Crippen molar-refractivity contribution in [3.05, 3.63) is 0 Å². The molecule has 0 unspecified atom stereocenters. The van der Waals surface area contributed by atoms with Crippen molar-refractivity contribution in [2.45, 2.75) is 36.7 Å². The average Bonchev–Trinajstić information content (AvgIpc) is 2.76. The maximum Gasteiger partial charge on any atom is 0.217 e. The Morgan fingerprint density at radius 2 is 2.08 bits per heavy atom.